The van der Waals surface area contributed by atoms with Crippen molar-refractivity contribution in [3.05, 3.63) is 65.1 Å². The van der Waals surface area contributed by atoms with Crippen molar-refractivity contribution in [1.29, 1.82) is 0 Å². The van der Waals surface area contributed by atoms with Gasteiger partial charge in [0.15, 0.2) is 0 Å². The summed E-state index contributed by atoms with van der Waals surface area (Å²) in [4.78, 5) is 23.8. The minimum atomic E-state index is -0.280. The summed E-state index contributed by atoms with van der Waals surface area (Å²) in [5, 5.41) is 19.7. The fourth-order valence-electron chi connectivity index (χ4n) is 3.86. The van der Waals surface area contributed by atoms with Crippen LogP contribution in [0.1, 0.15) is 40.7 Å². The lowest BCUT2D eigenvalue weighted by Crippen LogP contribution is -2.42. The van der Waals surface area contributed by atoms with Crippen molar-refractivity contribution in [3.63, 3.8) is 0 Å². The number of aromatic nitrogens is 2. The van der Waals surface area contributed by atoms with Crippen LogP contribution in [0.4, 0.5) is 5.69 Å². The maximum Gasteiger partial charge on any atom is 0.262 e. The molecule has 0 bridgehead atoms. The van der Waals surface area contributed by atoms with E-state index >= 15 is 0 Å². The van der Waals surface area contributed by atoms with E-state index in [0.29, 0.717) is 0 Å². The Morgan fingerprint density at radius 3 is 2.69 bits per heavy atom. The first-order chi connectivity index (χ1) is 13.8. The second-order valence-electron chi connectivity index (χ2n) is 7.56. The monoisotopic (exact) mass is 389 g/mol. The predicted molar refractivity (Wildman–Crippen MR) is 111 cm³/mol. The van der Waals surface area contributed by atoms with E-state index in [9.17, 15) is 15.0 Å². The Balaban J connectivity index is 1.76. The minimum Gasteiger partial charge on any atom is -0.508 e. The van der Waals surface area contributed by atoms with Gasteiger partial charge >= 0.3 is 0 Å². The van der Waals surface area contributed by atoms with Crippen molar-refractivity contribution in [2.75, 3.05) is 4.90 Å². The van der Waals surface area contributed by atoms with E-state index in [-0.39, 0.29) is 29.0 Å². The zero-order chi connectivity index (χ0) is 20.7. The second kappa shape index (κ2) is 7.20. The molecule has 0 saturated heterocycles. The summed E-state index contributed by atoms with van der Waals surface area (Å²) < 4.78 is 0. The van der Waals surface area contributed by atoms with Gasteiger partial charge in [-0.05, 0) is 69.0 Å². The molecule has 1 aliphatic rings. The molecule has 4 rings (SSSR count). The fraction of sp³-hybridized carbons (Fsp3) is 0.261. The van der Waals surface area contributed by atoms with Gasteiger partial charge in [-0.1, -0.05) is 6.07 Å². The summed E-state index contributed by atoms with van der Waals surface area (Å²) in [6, 6.07) is 10.1. The molecule has 0 radical (unpaired) electrons. The number of amides is 1. The number of rotatable bonds is 2. The van der Waals surface area contributed by atoms with Crippen LogP contribution in [0.3, 0.4) is 0 Å². The van der Waals surface area contributed by atoms with Gasteiger partial charge in [-0.2, -0.15) is 0 Å². The van der Waals surface area contributed by atoms with E-state index in [0.717, 1.165) is 46.7 Å². The summed E-state index contributed by atoms with van der Waals surface area (Å²) >= 11 is 0. The molecule has 3 aromatic rings. The molecular weight excluding hydrogens is 366 g/mol. The molecule has 1 aromatic heterocycles. The number of hydrogen-bond donors (Lipinski definition) is 2. The summed E-state index contributed by atoms with van der Waals surface area (Å²) in [7, 11) is 0. The van der Waals surface area contributed by atoms with Crippen LogP contribution in [0.5, 0.6) is 11.5 Å². The van der Waals surface area contributed by atoms with Crippen molar-refractivity contribution in [1.82, 2.24) is 9.97 Å². The van der Waals surface area contributed by atoms with Gasteiger partial charge in [0.25, 0.3) is 5.91 Å². The van der Waals surface area contributed by atoms with Crippen molar-refractivity contribution >= 4 is 11.6 Å². The van der Waals surface area contributed by atoms with Crippen molar-refractivity contribution in [2.45, 2.75) is 39.7 Å². The number of aromatic hydroxyl groups is 2. The highest BCUT2D eigenvalue weighted by Crippen LogP contribution is 2.36. The lowest BCUT2D eigenvalue weighted by atomic mass is 9.93. The summed E-state index contributed by atoms with van der Waals surface area (Å²) in [5.41, 5.74) is 4.99. The van der Waals surface area contributed by atoms with Crippen molar-refractivity contribution in [3.8, 4) is 22.8 Å². The van der Waals surface area contributed by atoms with Crippen LogP contribution in [0.2, 0.25) is 0 Å². The fourth-order valence-corrected chi connectivity index (χ4v) is 3.86. The Morgan fingerprint density at radius 1 is 1.14 bits per heavy atom. The number of phenols is 2. The Bertz CT molecular complexity index is 1110. The molecule has 2 aromatic carbocycles. The molecule has 1 atom stereocenters. The molecular formula is C23H23N3O3. The minimum absolute atomic E-state index is 0.00270. The lowest BCUT2D eigenvalue weighted by Gasteiger charge is -2.35. The molecule has 0 saturated carbocycles. The van der Waals surface area contributed by atoms with E-state index in [4.69, 9.17) is 0 Å². The van der Waals surface area contributed by atoms with Gasteiger partial charge < -0.3 is 15.1 Å². The highest BCUT2D eigenvalue weighted by molar-refractivity contribution is 6.09. The number of fused-ring (bicyclic) bond motifs is 1. The van der Waals surface area contributed by atoms with E-state index in [1.807, 2.05) is 39.1 Å². The quantitative estimate of drug-likeness (QED) is 0.687. The van der Waals surface area contributed by atoms with Crippen LogP contribution in [-0.2, 0) is 6.42 Å². The van der Waals surface area contributed by atoms with Gasteiger partial charge in [0.05, 0.1) is 11.3 Å². The average molecular weight is 389 g/mol. The molecule has 148 valence electrons. The first-order valence-electron chi connectivity index (χ1n) is 9.64. The molecule has 1 amide bonds. The molecule has 0 fully saturated rings. The zero-order valence-corrected chi connectivity index (χ0v) is 16.7. The summed E-state index contributed by atoms with van der Waals surface area (Å²) in [6.07, 6.45) is 3.50. The van der Waals surface area contributed by atoms with Gasteiger partial charge in [-0.25, -0.2) is 9.97 Å². The van der Waals surface area contributed by atoms with Gasteiger partial charge in [0.1, 0.15) is 17.3 Å². The van der Waals surface area contributed by atoms with Crippen LogP contribution in [0, 0.1) is 13.8 Å². The van der Waals surface area contributed by atoms with Crippen LogP contribution in [0.15, 0.2) is 42.6 Å². The number of hydrogen-bond acceptors (Lipinski definition) is 5. The van der Waals surface area contributed by atoms with Gasteiger partial charge in [0.2, 0.25) is 0 Å². The van der Waals surface area contributed by atoms with E-state index in [2.05, 4.69) is 16.0 Å². The zero-order valence-electron chi connectivity index (χ0n) is 16.7. The van der Waals surface area contributed by atoms with Gasteiger partial charge in [-0.15, -0.1) is 0 Å². The molecule has 2 heterocycles. The van der Waals surface area contributed by atoms with Gasteiger partial charge in [0, 0.05) is 29.6 Å². The van der Waals surface area contributed by atoms with Gasteiger partial charge in [-0.3, -0.25) is 4.79 Å². The standard InChI is InChI=1S/C23H23N3O3/c1-13-12-24-15(3)25-22(13)17-6-9-20-16(10-17)5-4-14(2)26(20)23(29)19-8-7-18(27)11-21(19)28/h6-12,14,27-28H,4-5H2,1-3H3/t14-/m0/s1. The van der Waals surface area contributed by atoms with Crippen LogP contribution < -0.4 is 4.90 Å². The van der Waals surface area contributed by atoms with Crippen LogP contribution >= 0.6 is 0 Å². The van der Waals surface area contributed by atoms with Crippen LogP contribution in [-0.4, -0.2) is 32.1 Å². The highest BCUT2D eigenvalue weighted by Gasteiger charge is 2.30. The molecule has 1 aliphatic heterocycles. The number of phenolic OH excluding ortho intramolecular Hbond substituents is 2. The van der Waals surface area contributed by atoms with Crippen molar-refractivity contribution in [2.24, 2.45) is 0 Å². The number of anilines is 1. The first-order valence-corrected chi connectivity index (χ1v) is 9.64. The maximum atomic E-state index is 13.2. The third-order valence-electron chi connectivity index (χ3n) is 5.41. The largest absolute Gasteiger partial charge is 0.508 e. The molecule has 6 nitrogen and oxygen atoms in total. The summed E-state index contributed by atoms with van der Waals surface area (Å²) in [6.45, 7) is 5.86. The Hall–Kier alpha value is -3.41. The van der Waals surface area contributed by atoms with E-state index < -0.39 is 0 Å². The Kier molecular flexibility index (Phi) is 4.70. The average Bonchev–Trinajstić information content (AvgIpc) is 2.69. The number of nitrogens with zero attached hydrogens (tertiary/aromatic N) is 3. The molecule has 0 spiro atoms. The smallest absolute Gasteiger partial charge is 0.262 e. The van der Waals surface area contributed by atoms with E-state index in [1.165, 1.54) is 18.2 Å². The highest BCUT2D eigenvalue weighted by atomic mass is 16.3. The maximum absolute atomic E-state index is 13.2. The Morgan fingerprint density at radius 2 is 1.93 bits per heavy atom. The molecule has 29 heavy (non-hydrogen) atoms. The molecule has 6 heteroatoms. The third kappa shape index (κ3) is 3.42. The Labute approximate surface area is 169 Å². The summed E-state index contributed by atoms with van der Waals surface area (Å²) in [5.74, 6) is 0.138. The van der Waals surface area contributed by atoms with E-state index in [1.54, 1.807) is 4.90 Å². The van der Waals surface area contributed by atoms with Crippen LogP contribution in [0.25, 0.3) is 11.3 Å². The number of aryl methyl sites for hydroxylation is 3. The third-order valence-corrected chi connectivity index (χ3v) is 5.41. The predicted octanol–water partition coefficient (Wildman–Crippen LogP) is 4.15. The molecule has 0 unspecified atom stereocenters. The number of benzene rings is 2. The molecule has 2 N–H and O–H groups in total. The SMILES string of the molecule is Cc1ncc(C)c(-c2ccc3c(c2)CC[C@H](C)N3C(=O)c2ccc(O)cc2O)n1. The lowest BCUT2D eigenvalue weighted by molar-refractivity contribution is 0.0972. The first kappa shape index (κ1) is 18.9. The van der Waals surface area contributed by atoms with Crippen molar-refractivity contribution < 1.29 is 15.0 Å². The topological polar surface area (TPSA) is 86.6 Å². The molecule has 0 aliphatic carbocycles. The number of carbonyl (C=O) groups excluding carboxylic acids is 1. The normalized spacial score (nSPS) is 15.8. The second-order valence-corrected chi connectivity index (χ2v) is 7.56. The number of carbonyl (C=O) groups is 1.